The van der Waals surface area contributed by atoms with Gasteiger partial charge in [-0.2, -0.15) is 0 Å². The summed E-state index contributed by atoms with van der Waals surface area (Å²) in [6, 6.07) is 10.4. The maximum atomic E-state index is 11.5. The number of carbonyl (C=O) groups excluding carboxylic acids is 1. The van der Waals surface area contributed by atoms with Crippen LogP contribution < -0.4 is 0 Å². The van der Waals surface area contributed by atoms with Crippen molar-refractivity contribution >= 4 is 5.97 Å². The third-order valence-corrected chi connectivity index (χ3v) is 3.06. The zero-order valence-corrected chi connectivity index (χ0v) is 11.4. The average molecular weight is 257 g/mol. The van der Waals surface area contributed by atoms with Gasteiger partial charge in [0.05, 0.1) is 6.61 Å². The van der Waals surface area contributed by atoms with Gasteiger partial charge in [-0.05, 0) is 43.9 Å². The minimum absolute atomic E-state index is 0.288. The largest absolute Gasteiger partial charge is 0.461 e. The molecule has 2 aromatic rings. The van der Waals surface area contributed by atoms with Gasteiger partial charge in [0.1, 0.15) is 5.69 Å². The fraction of sp³-hybridized carbons (Fsp3) is 0.312. The molecule has 0 saturated carbocycles. The highest BCUT2D eigenvalue weighted by Crippen LogP contribution is 2.10. The Labute approximate surface area is 113 Å². The second-order valence-corrected chi connectivity index (χ2v) is 4.63. The highest BCUT2D eigenvalue weighted by Gasteiger charge is 2.08. The molecule has 0 aliphatic heterocycles. The fourth-order valence-electron chi connectivity index (χ4n) is 1.95. The first kappa shape index (κ1) is 13.4. The van der Waals surface area contributed by atoms with E-state index in [2.05, 4.69) is 36.2 Å². The molecule has 0 bridgehead atoms. The SMILES string of the molecule is CCOC(=O)c1cc(CCc2ccc(C)cc2)c[nH]1. The summed E-state index contributed by atoms with van der Waals surface area (Å²) in [4.78, 5) is 14.5. The molecule has 3 nitrogen and oxygen atoms in total. The van der Waals surface area contributed by atoms with E-state index < -0.39 is 0 Å². The summed E-state index contributed by atoms with van der Waals surface area (Å²) >= 11 is 0. The van der Waals surface area contributed by atoms with E-state index in [-0.39, 0.29) is 5.97 Å². The number of H-pyrrole nitrogens is 1. The van der Waals surface area contributed by atoms with Crippen LogP contribution in [0.15, 0.2) is 36.5 Å². The number of benzene rings is 1. The minimum Gasteiger partial charge on any atom is -0.461 e. The maximum Gasteiger partial charge on any atom is 0.354 e. The van der Waals surface area contributed by atoms with Gasteiger partial charge in [-0.15, -0.1) is 0 Å². The van der Waals surface area contributed by atoms with Crippen LogP contribution in [0.1, 0.15) is 34.1 Å². The number of hydrogen-bond acceptors (Lipinski definition) is 2. The van der Waals surface area contributed by atoms with Crippen molar-refractivity contribution in [1.82, 2.24) is 4.98 Å². The highest BCUT2D eigenvalue weighted by molar-refractivity contribution is 5.87. The van der Waals surface area contributed by atoms with Gasteiger partial charge in [0, 0.05) is 6.20 Å². The number of hydrogen-bond donors (Lipinski definition) is 1. The third kappa shape index (κ3) is 3.71. The lowest BCUT2D eigenvalue weighted by Gasteiger charge is -2.00. The lowest BCUT2D eigenvalue weighted by atomic mass is 10.1. The summed E-state index contributed by atoms with van der Waals surface area (Å²) in [5.41, 5.74) is 4.24. The molecule has 19 heavy (non-hydrogen) atoms. The molecule has 0 aliphatic rings. The Morgan fingerprint density at radius 1 is 1.16 bits per heavy atom. The van der Waals surface area contributed by atoms with Crippen LogP contribution in [-0.4, -0.2) is 17.6 Å². The molecule has 0 spiro atoms. The van der Waals surface area contributed by atoms with Crippen LogP contribution in [-0.2, 0) is 17.6 Å². The first-order chi connectivity index (χ1) is 9.19. The monoisotopic (exact) mass is 257 g/mol. The van der Waals surface area contributed by atoms with Gasteiger partial charge in [-0.1, -0.05) is 29.8 Å². The van der Waals surface area contributed by atoms with Crippen molar-refractivity contribution < 1.29 is 9.53 Å². The van der Waals surface area contributed by atoms with Crippen molar-refractivity contribution in [2.75, 3.05) is 6.61 Å². The van der Waals surface area contributed by atoms with E-state index in [1.54, 1.807) is 6.92 Å². The topological polar surface area (TPSA) is 42.1 Å². The summed E-state index contributed by atoms with van der Waals surface area (Å²) in [7, 11) is 0. The van der Waals surface area contributed by atoms with Crippen LogP contribution in [0.2, 0.25) is 0 Å². The first-order valence-corrected chi connectivity index (χ1v) is 6.59. The molecular weight excluding hydrogens is 238 g/mol. The molecule has 0 saturated heterocycles. The van der Waals surface area contributed by atoms with Gasteiger partial charge >= 0.3 is 5.97 Å². The molecule has 1 aromatic heterocycles. The molecule has 0 fully saturated rings. The Bertz CT molecular complexity index is 540. The van der Waals surface area contributed by atoms with Gasteiger partial charge in [-0.3, -0.25) is 0 Å². The number of ether oxygens (including phenoxy) is 1. The highest BCUT2D eigenvalue weighted by atomic mass is 16.5. The number of carbonyl (C=O) groups is 1. The molecular formula is C16H19NO2. The molecule has 0 radical (unpaired) electrons. The number of aromatic amines is 1. The number of aryl methyl sites for hydroxylation is 3. The Hall–Kier alpha value is -2.03. The van der Waals surface area contributed by atoms with Crippen molar-refractivity contribution in [1.29, 1.82) is 0 Å². The number of nitrogens with one attached hydrogen (secondary N) is 1. The molecule has 0 unspecified atom stereocenters. The van der Waals surface area contributed by atoms with E-state index >= 15 is 0 Å². The van der Waals surface area contributed by atoms with E-state index in [0.29, 0.717) is 12.3 Å². The van der Waals surface area contributed by atoms with Crippen molar-refractivity contribution in [3.8, 4) is 0 Å². The van der Waals surface area contributed by atoms with Crippen molar-refractivity contribution in [2.24, 2.45) is 0 Å². The predicted molar refractivity (Wildman–Crippen MR) is 75.3 cm³/mol. The minimum atomic E-state index is -0.288. The van der Waals surface area contributed by atoms with Crippen LogP contribution >= 0.6 is 0 Å². The van der Waals surface area contributed by atoms with Gasteiger partial charge in [0.25, 0.3) is 0 Å². The number of rotatable bonds is 5. The average Bonchev–Trinajstić information content (AvgIpc) is 2.87. The van der Waals surface area contributed by atoms with Crippen molar-refractivity contribution in [2.45, 2.75) is 26.7 Å². The van der Waals surface area contributed by atoms with Gasteiger partial charge in [-0.25, -0.2) is 4.79 Å². The lowest BCUT2D eigenvalue weighted by molar-refractivity contribution is 0.0520. The summed E-state index contributed by atoms with van der Waals surface area (Å²) in [6.07, 6.45) is 3.76. The second kappa shape index (κ2) is 6.23. The van der Waals surface area contributed by atoms with E-state index in [1.807, 2.05) is 12.3 Å². The predicted octanol–water partition coefficient (Wildman–Crippen LogP) is 3.29. The molecule has 100 valence electrons. The van der Waals surface area contributed by atoms with Crippen LogP contribution in [0.25, 0.3) is 0 Å². The van der Waals surface area contributed by atoms with Crippen LogP contribution in [0.4, 0.5) is 0 Å². The Kier molecular flexibility index (Phi) is 4.39. The molecule has 1 N–H and O–H groups in total. The normalized spacial score (nSPS) is 10.4. The van der Waals surface area contributed by atoms with Crippen LogP contribution in [0.3, 0.4) is 0 Å². The lowest BCUT2D eigenvalue weighted by Crippen LogP contribution is -2.04. The van der Waals surface area contributed by atoms with E-state index in [9.17, 15) is 4.79 Å². The Balaban J connectivity index is 1.93. The molecule has 0 atom stereocenters. The third-order valence-electron chi connectivity index (χ3n) is 3.06. The second-order valence-electron chi connectivity index (χ2n) is 4.63. The molecule has 1 aromatic carbocycles. The van der Waals surface area contributed by atoms with Crippen LogP contribution in [0, 0.1) is 6.92 Å². The number of aromatic nitrogens is 1. The standard InChI is InChI=1S/C16H19NO2/c1-3-19-16(18)15-10-14(11-17-15)9-8-13-6-4-12(2)5-7-13/h4-7,10-11,17H,3,8-9H2,1-2H3. The summed E-state index contributed by atoms with van der Waals surface area (Å²) < 4.78 is 4.95. The molecule has 0 amide bonds. The van der Waals surface area contributed by atoms with E-state index in [1.165, 1.54) is 11.1 Å². The zero-order valence-electron chi connectivity index (χ0n) is 11.4. The molecule has 3 heteroatoms. The smallest absolute Gasteiger partial charge is 0.354 e. The molecule has 2 rings (SSSR count). The summed E-state index contributed by atoms with van der Waals surface area (Å²) in [5.74, 6) is -0.288. The summed E-state index contributed by atoms with van der Waals surface area (Å²) in [6.45, 7) is 4.29. The van der Waals surface area contributed by atoms with Gasteiger partial charge < -0.3 is 9.72 Å². The van der Waals surface area contributed by atoms with Crippen molar-refractivity contribution in [3.63, 3.8) is 0 Å². The fourth-order valence-corrected chi connectivity index (χ4v) is 1.95. The van der Waals surface area contributed by atoms with Gasteiger partial charge in [0.2, 0.25) is 0 Å². The van der Waals surface area contributed by atoms with Gasteiger partial charge in [0.15, 0.2) is 0 Å². The van der Waals surface area contributed by atoms with E-state index in [0.717, 1.165) is 18.4 Å². The maximum absolute atomic E-state index is 11.5. The Morgan fingerprint density at radius 3 is 2.53 bits per heavy atom. The van der Waals surface area contributed by atoms with Crippen LogP contribution in [0.5, 0.6) is 0 Å². The van der Waals surface area contributed by atoms with E-state index in [4.69, 9.17) is 4.74 Å². The first-order valence-electron chi connectivity index (χ1n) is 6.59. The Morgan fingerprint density at radius 2 is 1.84 bits per heavy atom. The molecule has 0 aliphatic carbocycles. The van der Waals surface area contributed by atoms with Crippen molar-refractivity contribution in [3.05, 3.63) is 58.9 Å². The summed E-state index contributed by atoms with van der Waals surface area (Å²) in [5, 5.41) is 0. The molecule has 1 heterocycles. The number of esters is 1. The quantitative estimate of drug-likeness (QED) is 0.835. The zero-order chi connectivity index (χ0) is 13.7.